The van der Waals surface area contributed by atoms with E-state index in [0.29, 0.717) is 17.3 Å². The van der Waals surface area contributed by atoms with Crippen molar-refractivity contribution >= 4 is 0 Å². The van der Waals surface area contributed by atoms with Gasteiger partial charge in [-0.3, -0.25) is 0 Å². The highest BCUT2D eigenvalue weighted by molar-refractivity contribution is 5.56. The first-order chi connectivity index (χ1) is 10.2. The lowest BCUT2D eigenvalue weighted by molar-refractivity contribution is 0.334. The van der Waals surface area contributed by atoms with E-state index in [0.717, 1.165) is 31.2 Å². The Morgan fingerprint density at radius 3 is 2.67 bits per heavy atom. The van der Waals surface area contributed by atoms with Crippen LogP contribution in [0.3, 0.4) is 0 Å². The number of nitrogens with zero attached hydrogens (tertiary/aromatic N) is 3. The third-order valence-electron chi connectivity index (χ3n) is 4.11. The molecule has 2 N–H and O–H groups in total. The van der Waals surface area contributed by atoms with E-state index in [1.165, 1.54) is 12.8 Å². The minimum Gasteiger partial charge on any atom is -0.334 e. The van der Waals surface area contributed by atoms with Crippen molar-refractivity contribution in [1.29, 1.82) is 5.26 Å². The van der Waals surface area contributed by atoms with Gasteiger partial charge >= 0.3 is 0 Å². The fourth-order valence-electron chi connectivity index (χ4n) is 2.85. The number of aromatic nitrogens is 2. The topological polar surface area (TPSA) is 88.7 Å². The monoisotopic (exact) mass is 282 g/mol. The predicted molar refractivity (Wildman–Crippen MR) is 78.0 cm³/mol. The molecule has 1 aliphatic carbocycles. The maximum absolute atomic E-state index is 8.95. The van der Waals surface area contributed by atoms with Crippen LogP contribution in [0.4, 0.5) is 0 Å². The van der Waals surface area contributed by atoms with E-state index < -0.39 is 5.54 Å². The molecule has 1 heterocycles. The van der Waals surface area contributed by atoms with Crippen molar-refractivity contribution in [1.82, 2.24) is 10.1 Å². The second kappa shape index (κ2) is 5.66. The quantitative estimate of drug-likeness (QED) is 0.855. The first kappa shape index (κ1) is 13.8. The lowest BCUT2D eigenvalue weighted by atomic mass is 9.91. The Labute approximate surface area is 123 Å². The molecule has 1 aromatic carbocycles. The van der Waals surface area contributed by atoms with Gasteiger partial charge in [-0.05, 0) is 31.0 Å². The fraction of sp³-hybridized carbons (Fsp3) is 0.438. The number of hydrogen-bond donors (Lipinski definition) is 1. The Kier molecular flexibility index (Phi) is 3.72. The van der Waals surface area contributed by atoms with Crippen molar-refractivity contribution in [2.75, 3.05) is 0 Å². The Hall–Kier alpha value is -2.19. The molecule has 0 unspecified atom stereocenters. The fourth-order valence-corrected chi connectivity index (χ4v) is 2.85. The van der Waals surface area contributed by atoms with Crippen LogP contribution in [0.5, 0.6) is 0 Å². The van der Waals surface area contributed by atoms with Crippen molar-refractivity contribution in [3.8, 4) is 17.5 Å². The Balaban J connectivity index is 1.90. The summed E-state index contributed by atoms with van der Waals surface area (Å²) < 4.78 is 5.36. The zero-order valence-corrected chi connectivity index (χ0v) is 11.9. The first-order valence-electron chi connectivity index (χ1n) is 7.35. The Morgan fingerprint density at radius 2 is 1.95 bits per heavy atom. The summed E-state index contributed by atoms with van der Waals surface area (Å²) in [5, 5.41) is 13.0. The van der Waals surface area contributed by atoms with E-state index in [4.69, 9.17) is 15.5 Å². The highest BCUT2D eigenvalue weighted by atomic mass is 16.5. The van der Waals surface area contributed by atoms with Crippen LogP contribution >= 0.6 is 0 Å². The van der Waals surface area contributed by atoms with Gasteiger partial charge in [0, 0.05) is 5.56 Å². The first-order valence-corrected chi connectivity index (χ1v) is 7.35. The lowest BCUT2D eigenvalue weighted by Gasteiger charge is -2.23. The predicted octanol–water partition coefficient (Wildman–Crippen LogP) is 3.12. The molecule has 5 nitrogen and oxygen atoms in total. The van der Waals surface area contributed by atoms with Crippen LogP contribution in [0.1, 0.15) is 49.9 Å². The van der Waals surface area contributed by atoms with Gasteiger partial charge in [-0.15, -0.1) is 0 Å². The molecule has 108 valence electrons. The molecular weight excluding hydrogens is 264 g/mol. The molecule has 1 aromatic heterocycles. The zero-order valence-electron chi connectivity index (χ0n) is 11.9. The maximum Gasteiger partial charge on any atom is 0.258 e. The molecular formula is C16H18N4O. The molecule has 0 atom stereocenters. The van der Waals surface area contributed by atoms with E-state index in [1.54, 1.807) is 12.1 Å². The van der Waals surface area contributed by atoms with Crippen LogP contribution < -0.4 is 5.73 Å². The molecule has 0 radical (unpaired) electrons. The van der Waals surface area contributed by atoms with Gasteiger partial charge in [-0.25, -0.2) is 0 Å². The van der Waals surface area contributed by atoms with Crippen molar-refractivity contribution in [3.63, 3.8) is 0 Å². The summed E-state index contributed by atoms with van der Waals surface area (Å²) in [5.74, 6) is 1.01. The molecule has 1 aliphatic rings. The molecule has 1 fully saturated rings. The number of nitrogens with two attached hydrogens (primary N) is 1. The van der Waals surface area contributed by atoms with Gasteiger partial charge in [0.15, 0.2) is 5.82 Å². The number of nitriles is 1. The van der Waals surface area contributed by atoms with Crippen LogP contribution in [0.15, 0.2) is 28.8 Å². The minimum absolute atomic E-state index is 0.427. The molecule has 0 saturated heterocycles. The van der Waals surface area contributed by atoms with E-state index in [1.807, 2.05) is 12.1 Å². The number of rotatable bonds is 2. The normalized spacial score (nSPS) is 17.9. The van der Waals surface area contributed by atoms with Crippen molar-refractivity contribution in [3.05, 3.63) is 35.7 Å². The van der Waals surface area contributed by atoms with E-state index in [2.05, 4.69) is 16.2 Å². The van der Waals surface area contributed by atoms with E-state index >= 15 is 0 Å². The summed E-state index contributed by atoms with van der Waals surface area (Å²) in [6, 6.07) is 9.26. The molecule has 2 aromatic rings. The largest absolute Gasteiger partial charge is 0.334 e. The van der Waals surface area contributed by atoms with Gasteiger partial charge in [0.05, 0.1) is 17.2 Å². The molecule has 0 spiro atoms. The Bertz CT molecular complexity index is 663. The van der Waals surface area contributed by atoms with Gasteiger partial charge < -0.3 is 10.3 Å². The summed E-state index contributed by atoms with van der Waals surface area (Å²) in [7, 11) is 0. The molecule has 3 rings (SSSR count). The van der Waals surface area contributed by atoms with Gasteiger partial charge in [-0.2, -0.15) is 10.2 Å². The summed E-state index contributed by atoms with van der Waals surface area (Å²) in [6.07, 6.45) is 6.42. The average molecular weight is 282 g/mol. The SMILES string of the molecule is N#Cc1cccc(-c2nc(C3(N)CCCCCC3)no2)c1. The second-order valence-corrected chi connectivity index (χ2v) is 5.69. The number of benzene rings is 1. The average Bonchev–Trinajstić information content (AvgIpc) is 2.92. The molecule has 0 amide bonds. The van der Waals surface area contributed by atoms with E-state index in [9.17, 15) is 0 Å². The third kappa shape index (κ3) is 2.81. The third-order valence-corrected chi connectivity index (χ3v) is 4.11. The number of hydrogen-bond acceptors (Lipinski definition) is 5. The minimum atomic E-state index is -0.481. The van der Waals surface area contributed by atoms with Crippen LogP contribution in [0.2, 0.25) is 0 Å². The molecule has 0 aliphatic heterocycles. The molecule has 0 bridgehead atoms. The van der Waals surface area contributed by atoms with Gasteiger partial charge in [0.1, 0.15) is 0 Å². The second-order valence-electron chi connectivity index (χ2n) is 5.69. The summed E-state index contributed by atoms with van der Waals surface area (Å²) in [6.45, 7) is 0. The lowest BCUT2D eigenvalue weighted by Crippen LogP contribution is -2.37. The summed E-state index contributed by atoms with van der Waals surface area (Å²) in [4.78, 5) is 4.48. The van der Waals surface area contributed by atoms with Gasteiger partial charge in [0.2, 0.25) is 0 Å². The van der Waals surface area contributed by atoms with Crippen LogP contribution in [0.25, 0.3) is 11.5 Å². The standard InChI is InChI=1S/C16H18N4O/c17-11-12-6-5-7-13(10-12)14-19-15(20-21-14)16(18)8-3-1-2-4-9-16/h5-7,10H,1-4,8-9,18H2. The zero-order chi connectivity index (χ0) is 14.7. The Morgan fingerprint density at radius 1 is 1.19 bits per heavy atom. The summed E-state index contributed by atoms with van der Waals surface area (Å²) in [5.41, 5.74) is 7.34. The van der Waals surface area contributed by atoms with Crippen LogP contribution in [-0.2, 0) is 5.54 Å². The smallest absolute Gasteiger partial charge is 0.258 e. The molecule has 1 saturated carbocycles. The van der Waals surface area contributed by atoms with Crippen molar-refractivity contribution in [2.45, 2.75) is 44.1 Å². The molecule has 21 heavy (non-hydrogen) atoms. The van der Waals surface area contributed by atoms with E-state index in [-0.39, 0.29) is 0 Å². The maximum atomic E-state index is 8.95. The van der Waals surface area contributed by atoms with Crippen LogP contribution in [0, 0.1) is 11.3 Å². The van der Waals surface area contributed by atoms with Crippen molar-refractivity contribution in [2.24, 2.45) is 5.73 Å². The van der Waals surface area contributed by atoms with Crippen LogP contribution in [-0.4, -0.2) is 10.1 Å². The summed E-state index contributed by atoms with van der Waals surface area (Å²) >= 11 is 0. The van der Waals surface area contributed by atoms with Gasteiger partial charge in [0.25, 0.3) is 5.89 Å². The van der Waals surface area contributed by atoms with Crippen molar-refractivity contribution < 1.29 is 4.52 Å². The highest BCUT2D eigenvalue weighted by Crippen LogP contribution is 2.33. The van der Waals surface area contributed by atoms with Gasteiger partial charge in [-0.1, -0.05) is 36.9 Å². The molecule has 5 heteroatoms. The highest BCUT2D eigenvalue weighted by Gasteiger charge is 2.33.